The van der Waals surface area contributed by atoms with Crippen molar-refractivity contribution in [2.24, 2.45) is 0 Å². The predicted molar refractivity (Wildman–Crippen MR) is 68.6 cm³/mol. The van der Waals surface area contributed by atoms with Crippen molar-refractivity contribution in [3.05, 3.63) is 21.5 Å². The summed E-state index contributed by atoms with van der Waals surface area (Å²) in [6.45, 7) is 2.28. The minimum absolute atomic E-state index is 0.108. The number of aromatic nitrogens is 2. The van der Waals surface area contributed by atoms with E-state index in [0.29, 0.717) is 26.2 Å². The molecule has 0 bridgehead atoms. The van der Waals surface area contributed by atoms with Gasteiger partial charge in [-0.15, -0.1) is 0 Å². The Balaban J connectivity index is 1.73. The molecule has 2 aliphatic heterocycles. The molecule has 0 spiro atoms. The van der Waals surface area contributed by atoms with Gasteiger partial charge in [0.25, 0.3) is 0 Å². The van der Waals surface area contributed by atoms with Gasteiger partial charge in [0.05, 0.1) is 30.2 Å². The highest BCUT2D eigenvalue weighted by Crippen LogP contribution is 2.33. The first kappa shape index (κ1) is 13.7. The predicted octanol–water partition coefficient (Wildman–Crippen LogP) is 1.43. The van der Waals surface area contributed by atoms with E-state index in [-0.39, 0.29) is 23.4 Å². The average molecular weight is 305 g/mol. The first-order valence-electron chi connectivity index (χ1n) is 6.41. The SMILES string of the molecule is O=[N+]([O-])c1cnn([C@H]2CCN(C3COC3)C[C@H]2F)c1Cl. The first-order chi connectivity index (χ1) is 9.58. The molecule has 7 nitrogen and oxygen atoms in total. The number of piperidine rings is 1. The molecule has 110 valence electrons. The smallest absolute Gasteiger partial charge is 0.325 e. The Morgan fingerprint density at radius 1 is 1.55 bits per heavy atom. The van der Waals surface area contributed by atoms with Crippen LogP contribution in [0.5, 0.6) is 0 Å². The van der Waals surface area contributed by atoms with E-state index in [0.717, 1.165) is 6.20 Å². The Bertz CT molecular complexity index is 522. The molecule has 0 radical (unpaired) electrons. The van der Waals surface area contributed by atoms with Gasteiger partial charge in [-0.2, -0.15) is 5.10 Å². The van der Waals surface area contributed by atoms with Crippen LogP contribution in [0.25, 0.3) is 0 Å². The van der Waals surface area contributed by atoms with Gasteiger partial charge >= 0.3 is 5.69 Å². The molecule has 0 aliphatic carbocycles. The summed E-state index contributed by atoms with van der Waals surface area (Å²) in [5.41, 5.74) is -0.284. The molecule has 20 heavy (non-hydrogen) atoms. The van der Waals surface area contributed by atoms with Crippen LogP contribution in [-0.2, 0) is 4.74 Å². The van der Waals surface area contributed by atoms with Crippen molar-refractivity contribution in [3.63, 3.8) is 0 Å². The van der Waals surface area contributed by atoms with Crippen LogP contribution in [0.4, 0.5) is 10.1 Å². The van der Waals surface area contributed by atoms with E-state index in [9.17, 15) is 14.5 Å². The van der Waals surface area contributed by atoms with Gasteiger partial charge in [0.15, 0.2) is 0 Å². The number of hydrogen-bond acceptors (Lipinski definition) is 5. The molecule has 0 amide bonds. The summed E-state index contributed by atoms with van der Waals surface area (Å²) in [6, 6.07) is -0.259. The summed E-state index contributed by atoms with van der Waals surface area (Å²) in [5.74, 6) is 0. The number of hydrogen-bond donors (Lipinski definition) is 0. The lowest BCUT2D eigenvalue weighted by Crippen LogP contribution is -2.55. The van der Waals surface area contributed by atoms with E-state index in [2.05, 4.69) is 10.00 Å². The largest absolute Gasteiger partial charge is 0.378 e. The summed E-state index contributed by atoms with van der Waals surface area (Å²) in [5, 5.41) is 14.5. The standard InChI is InChI=1S/C11H14ClFN4O3/c12-11-10(17(18)19)3-14-16(11)9-1-2-15(4-8(9)13)7-5-20-6-7/h3,7-9H,1-2,4-6H2/t8-,9+/m1/s1. The second-order valence-electron chi connectivity index (χ2n) is 5.08. The van der Waals surface area contributed by atoms with Crippen molar-refractivity contribution < 1.29 is 14.1 Å². The van der Waals surface area contributed by atoms with Crippen molar-refractivity contribution in [2.75, 3.05) is 26.3 Å². The van der Waals surface area contributed by atoms with Crippen molar-refractivity contribution in [1.29, 1.82) is 0 Å². The van der Waals surface area contributed by atoms with Gasteiger partial charge in [-0.3, -0.25) is 15.0 Å². The maximum Gasteiger partial charge on any atom is 0.325 e. The molecule has 0 N–H and O–H groups in total. The molecule has 0 aromatic carbocycles. The van der Waals surface area contributed by atoms with E-state index in [1.165, 1.54) is 4.68 Å². The molecule has 3 rings (SSSR count). The van der Waals surface area contributed by atoms with Crippen LogP contribution in [0.1, 0.15) is 12.5 Å². The van der Waals surface area contributed by atoms with Crippen LogP contribution in [0, 0.1) is 10.1 Å². The lowest BCUT2D eigenvalue weighted by Gasteiger charge is -2.42. The lowest BCUT2D eigenvalue weighted by molar-refractivity contribution is -0.384. The Kier molecular flexibility index (Phi) is 3.61. The zero-order valence-electron chi connectivity index (χ0n) is 10.6. The highest BCUT2D eigenvalue weighted by atomic mass is 35.5. The molecule has 2 aliphatic rings. The van der Waals surface area contributed by atoms with Crippen LogP contribution in [0.2, 0.25) is 5.15 Å². The number of nitrogens with zero attached hydrogens (tertiary/aromatic N) is 4. The Labute approximate surface area is 119 Å². The first-order valence-corrected chi connectivity index (χ1v) is 6.79. The molecule has 3 heterocycles. The highest BCUT2D eigenvalue weighted by molar-refractivity contribution is 6.31. The fourth-order valence-electron chi connectivity index (χ4n) is 2.65. The van der Waals surface area contributed by atoms with Gasteiger partial charge < -0.3 is 4.74 Å². The van der Waals surface area contributed by atoms with Crippen LogP contribution in [0.3, 0.4) is 0 Å². The Hall–Kier alpha value is -1.25. The van der Waals surface area contributed by atoms with Gasteiger partial charge in [0.1, 0.15) is 12.4 Å². The van der Waals surface area contributed by atoms with E-state index < -0.39 is 17.1 Å². The maximum absolute atomic E-state index is 14.3. The minimum atomic E-state index is -1.15. The molecule has 2 saturated heterocycles. The van der Waals surface area contributed by atoms with Crippen LogP contribution < -0.4 is 0 Å². The van der Waals surface area contributed by atoms with E-state index >= 15 is 0 Å². The summed E-state index contributed by atoms with van der Waals surface area (Å²) >= 11 is 5.91. The monoisotopic (exact) mass is 304 g/mol. The van der Waals surface area contributed by atoms with Crippen LogP contribution in [-0.4, -0.2) is 58.1 Å². The zero-order valence-corrected chi connectivity index (χ0v) is 11.4. The zero-order chi connectivity index (χ0) is 14.3. The van der Waals surface area contributed by atoms with Gasteiger partial charge in [-0.25, -0.2) is 9.07 Å². The molecular formula is C11H14ClFN4O3. The lowest BCUT2D eigenvalue weighted by atomic mass is 10.0. The normalized spacial score (nSPS) is 28.3. The van der Waals surface area contributed by atoms with Gasteiger partial charge in [-0.05, 0) is 6.42 Å². The van der Waals surface area contributed by atoms with Crippen LogP contribution >= 0.6 is 11.6 Å². The molecule has 0 saturated carbocycles. The Morgan fingerprint density at radius 2 is 2.30 bits per heavy atom. The van der Waals surface area contributed by atoms with Gasteiger partial charge in [-0.1, -0.05) is 11.6 Å². The number of ether oxygens (including phenoxy) is 1. The third kappa shape index (κ3) is 2.27. The molecule has 2 atom stereocenters. The minimum Gasteiger partial charge on any atom is -0.378 e. The molecular weight excluding hydrogens is 291 g/mol. The van der Waals surface area contributed by atoms with Crippen LogP contribution in [0.15, 0.2) is 6.20 Å². The fourth-order valence-corrected chi connectivity index (χ4v) is 2.94. The van der Waals surface area contributed by atoms with Crippen molar-refractivity contribution >= 4 is 17.3 Å². The number of alkyl halides is 1. The maximum atomic E-state index is 14.3. The molecule has 1 aromatic heterocycles. The molecule has 2 fully saturated rings. The molecule has 0 unspecified atom stereocenters. The second kappa shape index (κ2) is 5.27. The third-order valence-corrected chi connectivity index (χ3v) is 4.27. The van der Waals surface area contributed by atoms with Gasteiger partial charge in [0, 0.05) is 13.1 Å². The summed E-state index contributed by atoms with van der Waals surface area (Å²) in [6.07, 6.45) is 0.443. The topological polar surface area (TPSA) is 73.4 Å². The molecule has 9 heteroatoms. The van der Waals surface area contributed by atoms with Crippen molar-refractivity contribution in [2.45, 2.75) is 24.7 Å². The number of halogens is 2. The third-order valence-electron chi connectivity index (χ3n) is 3.90. The average Bonchev–Trinajstić information content (AvgIpc) is 2.69. The van der Waals surface area contributed by atoms with Crippen molar-refractivity contribution in [3.8, 4) is 0 Å². The number of likely N-dealkylation sites (tertiary alicyclic amines) is 1. The van der Waals surface area contributed by atoms with Gasteiger partial charge in [0.2, 0.25) is 5.15 Å². The summed E-state index contributed by atoms with van der Waals surface area (Å²) in [4.78, 5) is 12.2. The fraction of sp³-hybridized carbons (Fsp3) is 0.727. The van der Waals surface area contributed by atoms with E-state index in [1.54, 1.807) is 0 Å². The van der Waals surface area contributed by atoms with Crippen molar-refractivity contribution in [1.82, 2.24) is 14.7 Å². The second-order valence-corrected chi connectivity index (χ2v) is 5.44. The Morgan fingerprint density at radius 3 is 2.80 bits per heavy atom. The van der Waals surface area contributed by atoms with E-state index in [4.69, 9.17) is 16.3 Å². The molecule has 1 aromatic rings. The summed E-state index contributed by atoms with van der Waals surface area (Å²) < 4.78 is 20.7. The highest BCUT2D eigenvalue weighted by Gasteiger charge is 2.38. The number of rotatable bonds is 3. The quantitative estimate of drug-likeness (QED) is 0.624. The summed E-state index contributed by atoms with van der Waals surface area (Å²) in [7, 11) is 0. The number of nitro groups is 1. The van der Waals surface area contributed by atoms with E-state index in [1.807, 2.05) is 0 Å².